The summed E-state index contributed by atoms with van der Waals surface area (Å²) >= 11 is 0. The van der Waals surface area contributed by atoms with Gasteiger partial charge in [0, 0.05) is 56.4 Å². The number of rotatable bonds is 3. The Balaban J connectivity index is 5.00. The van der Waals surface area contributed by atoms with Crippen LogP contribution >= 0.6 is 0 Å². The fourth-order valence-electron chi connectivity index (χ4n) is 1.47. The molecule has 0 spiro atoms. The predicted octanol–water partition coefficient (Wildman–Crippen LogP) is 0.307. The molecule has 0 aliphatic rings. The summed E-state index contributed by atoms with van der Waals surface area (Å²) in [6.45, 7) is 1.83. The topological polar surface area (TPSA) is 62.4 Å². The lowest BCUT2D eigenvalue weighted by molar-refractivity contribution is 0.480. The molecule has 120 valence electrons. The van der Waals surface area contributed by atoms with Crippen LogP contribution < -0.4 is 0 Å². The standard InChI is InChI=1S/C13H28N8/c1-11(15-17-13(20(6)7)21(8)9)10-14-16-12(18(2)3)19(4)5/h10H,1-9H3/b14-10+,15-11+. The van der Waals surface area contributed by atoms with Crippen LogP contribution in [0.4, 0.5) is 0 Å². The van der Waals surface area contributed by atoms with Crippen molar-refractivity contribution in [3.05, 3.63) is 0 Å². The van der Waals surface area contributed by atoms with Gasteiger partial charge in [-0.05, 0) is 6.92 Å². The molecular weight excluding hydrogens is 268 g/mol. The van der Waals surface area contributed by atoms with E-state index < -0.39 is 0 Å². The predicted molar refractivity (Wildman–Crippen MR) is 91.2 cm³/mol. The minimum absolute atomic E-state index is 0.678. The van der Waals surface area contributed by atoms with Crippen molar-refractivity contribution < 1.29 is 0 Å². The summed E-state index contributed by atoms with van der Waals surface area (Å²) in [7, 11) is 15.3. The molecular formula is C13H28N8. The SMILES string of the molecule is CC(/C=N/N=C(N(C)C)N(C)C)=N\N=C(N(C)C)N(C)C. The molecule has 21 heavy (non-hydrogen) atoms. The van der Waals surface area contributed by atoms with Gasteiger partial charge in [0.1, 0.15) is 0 Å². The first kappa shape index (κ1) is 18.9. The minimum Gasteiger partial charge on any atom is -0.347 e. The summed E-state index contributed by atoms with van der Waals surface area (Å²) in [6, 6.07) is 0. The van der Waals surface area contributed by atoms with Gasteiger partial charge in [0.25, 0.3) is 0 Å². The fraction of sp³-hybridized carbons (Fsp3) is 0.692. The Morgan fingerprint density at radius 3 is 1.38 bits per heavy atom. The lowest BCUT2D eigenvalue weighted by Gasteiger charge is -2.21. The number of hydrogen-bond acceptors (Lipinski definition) is 4. The van der Waals surface area contributed by atoms with Crippen molar-refractivity contribution in [2.75, 3.05) is 56.4 Å². The third kappa shape index (κ3) is 7.28. The van der Waals surface area contributed by atoms with Crippen LogP contribution in [0.1, 0.15) is 6.92 Å². The number of guanidine groups is 2. The molecule has 0 fully saturated rings. The van der Waals surface area contributed by atoms with E-state index in [0.29, 0.717) is 5.71 Å². The van der Waals surface area contributed by atoms with Crippen LogP contribution in [-0.4, -0.2) is 99.8 Å². The molecule has 0 aliphatic heterocycles. The van der Waals surface area contributed by atoms with Crippen molar-refractivity contribution in [3.8, 4) is 0 Å². The monoisotopic (exact) mass is 296 g/mol. The lowest BCUT2D eigenvalue weighted by atomic mass is 10.5. The van der Waals surface area contributed by atoms with Crippen molar-refractivity contribution >= 4 is 23.8 Å². The molecule has 0 rings (SSSR count). The van der Waals surface area contributed by atoms with Gasteiger partial charge in [0.15, 0.2) is 0 Å². The zero-order valence-corrected chi connectivity index (χ0v) is 14.7. The van der Waals surface area contributed by atoms with Gasteiger partial charge in [0.05, 0.1) is 11.9 Å². The molecule has 0 unspecified atom stereocenters. The van der Waals surface area contributed by atoms with E-state index in [2.05, 4.69) is 20.4 Å². The zero-order chi connectivity index (χ0) is 16.6. The summed E-state index contributed by atoms with van der Waals surface area (Å²) in [5, 5.41) is 16.5. The van der Waals surface area contributed by atoms with Crippen molar-refractivity contribution in [2.24, 2.45) is 20.4 Å². The zero-order valence-electron chi connectivity index (χ0n) is 14.7. The molecule has 0 aromatic carbocycles. The molecule has 0 amide bonds. The average molecular weight is 296 g/mol. The van der Waals surface area contributed by atoms with Crippen LogP contribution in [-0.2, 0) is 0 Å². The van der Waals surface area contributed by atoms with Crippen molar-refractivity contribution in [2.45, 2.75) is 6.92 Å². The Morgan fingerprint density at radius 1 is 0.619 bits per heavy atom. The van der Waals surface area contributed by atoms with E-state index in [1.165, 1.54) is 0 Å². The summed E-state index contributed by atoms with van der Waals surface area (Å²) in [5.41, 5.74) is 0.678. The molecule has 0 radical (unpaired) electrons. The van der Waals surface area contributed by atoms with E-state index >= 15 is 0 Å². The second kappa shape index (κ2) is 8.93. The fourth-order valence-corrected chi connectivity index (χ4v) is 1.47. The molecule has 0 bridgehead atoms. The first-order chi connectivity index (χ1) is 9.66. The van der Waals surface area contributed by atoms with E-state index in [0.717, 1.165) is 11.9 Å². The minimum atomic E-state index is 0.678. The third-order valence-corrected chi connectivity index (χ3v) is 2.29. The molecule has 0 saturated carbocycles. The van der Waals surface area contributed by atoms with Crippen LogP contribution in [0, 0.1) is 0 Å². The molecule has 0 aromatic heterocycles. The second-order valence-electron chi connectivity index (χ2n) is 5.36. The highest BCUT2D eigenvalue weighted by atomic mass is 15.4. The molecule has 0 aliphatic carbocycles. The van der Waals surface area contributed by atoms with Gasteiger partial charge >= 0.3 is 0 Å². The lowest BCUT2D eigenvalue weighted by Crippen LogP contribution is -2.35. The third-order valence-electron chi connectivity index (χ3n) is 2.29. The van der Waals surface area contributed by atoms with Crippen LogP contribution in [0.2, 0.25) is 0 Å². The van der Waals surface area contributed by atoms with E-state index in [4.69, 9.17) is 0 Å². The highest BCUT2D eigenvalue weighted by Gasteiger charge is 2.04. The van der Waals surface area contributed by atoms with Gasteiger partial charge in [-0.25, -0.2) is 0 Å². The average Bonchev–Trinajstić information content (AvgIpc) is 2.32. The summed E-state index contributed by atoms with van der Waals surface area (Å²) in [4.78, 5) is 7.56. The largest absolute Gasteiger partial charge is 0.347 e. The van der Waals surface area contributed by atoms with Gasteiger partial charge in [0.2, 0.25) is 11.9 Å². The number of hydrogen-bond donors (Lipinski definition) is 0. The Bertz CT molecular complexity index is 409. The Kier molecular flexibility index (Phi) is 8.03. The van der Waals surface area contributed by atoms with Gasteiger partial charge in [-0.3, -0.25) is 0 Å². The highest BCUT2D eigenvalue weighted by Crippen LogP contribution is 1.92. The van der Waals surface area contributed by atoms with Gasteiger partial charge in [-0.1, -0.05) is 0 Å². The molecule has 0 saturated heterocycles. The molecule has 0 aromatic rings. The van der Waals surface area contributed by atoms with Crippen LogP contribution in [0.25, 0.3) is 0 Å². The summed E-state index contributed by atoms with van der Waals surface area (Å²) in [5.74, 6) is 1.51. The maximum absolute atomic E-state index is 4.19. The molecule has 8 nitrogen and oxygen atoms in total. The van der Waals surface area contributed by atoms with Gasteiger partial charge in [-0.2, -0.15) is 10.2 Å². The maximum atomic E-state index is 4.19. The first-order valence-electron chi connectivity index (χ1n) is 6.59. The molecule has 0 heterocycles. The van der Waals surface area contributed by atoms with Crippen LogP contribution in [0.15, 0.2) is 20.4 Å². The van der Waals surface area contributed by atoms with E-state index in [-0.39, 0.29) is 0 Å². The Labute approximate surface area is 128 Å². The van der Waals surface area contributed by atoms with Crippen molar-refractivity contribution in [3.63, 3.8) is 0 Å². The smallest absolute Gasteiger partial charge is 0.220 e. The maximum Gasteiger partial charge on any atom is 0.220 e. The molecule has 0 N–H and O–H groups in total. The highest BCUT2D eigenvalue weighted by molar-refractivity contribution is 6.29. The summed E-state index contributed by atoms with van der Waals surface area (Å²) in [6.07, 6.45) is 1.58. The Morgan fingerprint density at radius 2 is 1.00 bits per heavy atom. The second-order valence-corrected chi connectivity index (χ2v) is 5.36. The Hall–Kier alpha value is -2.12. The van der Waals surface area contributed by atoms with Gasteiger partial charge < -0.3 is 19.6 Å². The van der Waals surface area contributed by atoms with E-state index in [1.807, 2.05) is 82.9 Å². The van der Waals surface area contributed by atoms with Crippen molar-refractivity contribution in [1.29, 1.82) is 0 Å². The van der Waals surface area contributed by atoms with E-state index in [9.17, 15) is 0 Å². The quantitative estimate of drug-likeness (QED) is 0.427. The summed E-state index contributed by atoms with van der Waals surface area (Å²) < 4.78 is 0. The number of nitrogens with zero attached hydrogens (tertiary/aromatic N) is 8. The van der Waals surface area contributed by atoms with Crippen LogP contribution in [0.5, 0.6) is 0 Å². The van der Waals surface area contributed by atoms with Gasteiger partial charge in [-0.15, -0.1) is 10.2 Å². The normalized spacial score (nSPS) is 11.2. The first-order valence-corrected chi connectivity index (χ1v) is 6.59. The molecule has 8 heteroatoms. The van der Waals surface area contributed by atoms with Crippen molar-refractivity contribution in [1.82, 2.24) is 19.6 Å². The van der Waals surface area contributed by atoms with Crippen LogP contribution in [0.3, 0.4) is 0 Å². The molecule has 0 atom stereocenters. The van der Waals surface area contributed by atoms with E-state index in [1.54, 1.807) is 6.21 Å².